The Morgan fingerprint density at radius 2 is 1.57 bits per heavy atom. The van der Waals surface area contributed by atoms with Crippen LogP contribution in [-0.4, -0.2) is 41.2 Å². The number of amides is 4. The highest BCUT2D eigenvalue weighted by Gasteiger charge is 2.36. The highest BCUT2D eigenvalue weighted by Crippen LogP contribution is 2.21. The van der Waals surface area contributed by atoms with Crippen LogP contribution in [0.5, 0.6) is 5.75 Å². The van der Waals surface area contributed by atoms with Gasteiger partial charge in [-0.15, -0.1) is 0 Å². The quantitative estimate of drug-likeness (QED) is 0.591. The fraction of sp³-hybridized carbons (Fsp3) is 0.158. The minimum atomic E-state index is -0.981. The van der Waals surface area contributed by atoms with Gasteiger partial charge in [-0.05, 0) is 43.3 Å². The molecule has 1 aliphatic rings. The van der Waals surface area contributed by atoms with Crippen molar-refractivity contribution in [3.8, 4) is 5.75 Å². The molecule has 2 aromatic rings. The first kappa shape index (κ1) is 19.0. The summed E-state index contributed by atoms with van der Waals surface area (Å²) in [6.07, 6.45) is -0.981. The summed E-state index contributed by atoms with van der Waals surface area (Å²) in [6.45, 7) is 0.898. The van der Waals surface area contributed by atoms with Crippen LogP contribution in [0.1, 0.15) is 27.6 Å². The van der Waals surface area contributed by atoms with Crippen LogP contribution < -0.4 is 15.6 Å². The van der Waals surface area contributed by atoms with E-state index in [4.69, 9.17) is 4.74 Å². The van der Waals surface area contributed by atoms with Gasteiger partial charge in [0.05, 0.1) is 11.1 Å². The summed E-state index contributed by atoms with van der Waals surface area (Å²) in [4.78, 5) is 49.2. The van der Waals surface area contributed by atoms with Crippen molar-refractivity contribution in [3.05, 3.63) is 65.5 Å². The monoisotopic (exact) mass is 385 g/mol. The van der Waals surface area contributed by atoms with E-state index in [0.717, 1.165) is 4.90 Å². The second-order valence-corrected chi connectivity index (χ2v) is 5.99. The van der Waals surface area contributed by atoms with Crippen molar-refractivity contribution in [3.63, 3.8) is 0 Å². The number of carbonyl (C=O) groups is 4. The number of nitrogens with one attached hydrogen (secondary N) is 2. The lowest BCUT2D eigenvalue weighted by molar-refractivity contribution is -0.132. The minimum absolute atomic E-state index is 0.227. The van der Waals surface area contributed by atoms with E-state index in [0.29, 0.717) is 0 Å². The van der Waals surface area contributed by atoms with E-state index < -0.39 is 42.1 Å². The Morgan fingerprint density at radius 3 is 2.14 bits per heavy atom. The first-order valence-corrected chi connectivity index (χ1v) is 8.33. The van der Waals surface area contributed by atoms with E-state index in [-0.39, 0.29) is 16.9 Å². The summed E-state index contributed by atoms with van der Waals surface area (Å²) in [5.74, 6) is -2.73. The zero-order valence-electron chi connectivity index (χ0n) is 14.8. The topological polar surface area (TPSA) is 105 Å². The summed E-state index contributed by atoms with van der Waals surface area (Å²) < 4.78 is 18.2. The minimum Gasteiger partial charge on any atom is -0.481 e. The Morgan fingerprint density at radius 1 is 1.00 bits per heavy atom. The molecular weight excluding hydrogens is 369 g/mol. The Kier molecular flexibility index (Phi) is 5.35. The lowest BCUT2D eigenvalue weighted by atomic mass is 10.1. The molecule has 2 aromatic carbocycles. The third kappa shape index (κ3) is 3.98. The highest BCUT2D eigenvalue weighted by molar-refractivity contribution is 6.22. The molecule has 0 bridgehead atoms. The van der Waals surface area contributed by atoms with Gasteiger partial charge in [-0.2, -0.15) is 0 Å². The first-order chi connectivity index (χ1) is 13.4. The summed E-state index contributed by atoms with van der Waals surface area (Å²) in [6, 6.07) is 11.3. The van der Waals surface area contributed by atoms with Crippen LogP contribution in [0.25, 0.3) is 0 Å². The Balaban J connectivity index is 1.50. The molecule has 0 saturated carbocycles. The molecule has 1 aliphatic heterocycles. The fourth-order valence-corrected chi connectivity index (χ4v) is 2.57. The lowest BCUT2D eigenvalue weighted by Gasteiger charge is -2.17. The molecule has 0 aliphatic carbocycles. The lowest BCUT2D eigenvalue weighted by Crippen LogP contribution is -2.50. The largest absolute Gasteiger partial charge is 0.481 e. The van der Waals surface area contributed by atoms with Crippen LogP contribution in [0, 0.1) is 5.82 Å². The van der Waals surface area contributed by atoms with Crippen molar-refractivity contribution in [2.45, 2.75) is 13.0 Å². The maximum absolute atomic E-state index is 12.9. The van der Waals surface area contributed by atoms with Gasteiger partial charge in [0.2, 0.25) is 0 Å². The van der Waals surface area contributed by atoms with Gasteiger partial charge >= 0.3 is 0 Å². The number of halogens is 1. The molecule has 1 heterocycles. The Bertz CT molecular complexity index is 910. The Hall–Kier alpha value is -3.75. The smallest absolute Gasteiger partial charge is 0.279 e. The van der Waals surface area contributed by atoms with Gasteiger partial charge in [-0.25, -0.2) is 4.39 Å². The van der Waals surface area contributed by atoms with Gasteiger partial charge in [-0.3, -0.25) is 34.9 Å². The predicted octanol–water partition coefficient (Wildman–Crippen LogP) is 1.04. The molecule has 4 amide bonds. The fourth-order valence-electron chi connectivity index (χ4n) is 2.57. The number of hydrogen-bond acceptors (Lipinski definition) is 5. The normalized spacial score (nSPS) is 13.7. The maximum Gasteiger partial charge on any atom is 0.279 e. The first-order valence-electron chi connectivity index (χ1n) is 8.33. The van der Waals surface area contributed by atoms with E-state index in [1.165, 1.54) is 43.3 Å². The number of rotatable bonds is 5. The van der Waals surface area contributed by atoms with Gasteiger partial charge in [-0.1, -0.05) is 12.1 Å². The molecule has 28 heavy (non-hydrogen) atoms. The summed E-state index contributed by atoms with van der Waals surface area (Å²) in [5.41, 5.74) is 4.74. The second-order valence-electron chi connectivity index (χ2n) is 5.99. The van der Waals surface area contributed by atoms with Crippen molar-refractivity contribution < 1.29 is 28.3 Å². The number of fused-ring (bicyclic) bond motifs is 1. The summed E-state index contributed by atoms with van der Waals surface area (Å²) in [7, 11) is 0. The van der Waals surface area contributed by atoms with Gasteiger partial charge in [0.15, 0.2) is 6.10 Å². The molecule has 0 unspecified atom stereocenters. The molecule has 8 nitrogen and oxygen atoms in total. The van der Waals surface area contributed by atoms with Crippen molar-refractivity contribution in [2.24, 2.45) is 0 Å². The van der Waals surface area contributed by atoms with Crippen molar-refractivity contribution in [2.75, 3.05) is 6.54 Å². The molecule has 9 heteroatoms. The third-order valence-electron chi connectivity index (χ3n) is 4.00. The molecule has 0 radical (unpaired) electrons. The Labute approximate surface area is 159 Å². The van der Waals surface area contributed by atoms with Crippen LogP contribution in [-0.2, 0) is 9.59 Å². The number of imide groups is 1. The maximum atomic E-state index is 12.9. The van der Waals surface area contributed by atoms with E-state index in [2.05, 4.69) is 10.9 Å². The average Bonchev–Trinajstić information content (AvgIpc) is 2.93. The molecule has 0 fully saturated rings. The number of hydrogen-bond donors (Lipinski definition) is 2. The van der Waals surface area contributed by atoms with Crippen LogP contribution in [0.4, 0.5) is 4.39 Å². The second kappa shape index (κ2) is 7.87. The number of ether oxygens (including phenoxy) is 1. The molecular formula is C19H16FN3O5. The number of nitrogens with zero attached hydrogens (tertiary/aromatic N) is 1. The van der Waals surface area contributed by atoms with Crippen LogP contribution in [0.2, 0.25) is 0 Å². The molecule has 0 spiro atoms. The number of benzene rings is 2. The molecule has 2 N–H and O–H groups in total. The van der Waals surface area contributed by atoms with Crippen molar-refractivity contribution >= 4 is 23.6 Å². The zero-order valence-corrected chi connectivity index (χ0v) is 14.8. The average molecular weight is 385 g/mol. The van der Waals surface area contributed by atoms with Crippen molar-refractivity contribution in [1.82, 2.24) is 15.8 Å². The van der Waals surface area contributed by atoms with Crippen molar-refractivity contribution in [1.29, 1.82) is 0 Å². The van der Waals surface area contributed by atoms with E-state index in [9.17, 15) is 23.6 Å². The SMILES string of the molecule is C[C@H](Oc1ccc(F)cc1)C(=O)NNC(=O)CN1C(=O)c2ccccc2C1=O. The van der Waals surface area contributed by atoms with Crippen LogP contribution in [0.3, 0.4) is 0 Å². The number of carbonyl (C=O) groups excluding carboxylic acids is 4. The van der Waals surface area contributed by atoms with Crippen LogP contribution in [0.15, 0.2) is 48.5 Å². The van der Waals surface area contributed by atoms with Gasteiger partial charge in [0.1, 0.15) is 18.1 Å². The van der Waals surface area contributed by atoms with Crippen LogP contribution >= 0.6 is 0 Å². The zero-order chi connectivity index (χ0) is 20.3. The molecule has 1 atom stereocenters. The van der Waals surface area contributed by atoms with Gasteiger partial charge in [0.25, 0.3) is 23.6 Å². The van der Waals surface area contributed by atoms with E-state index in [1.54, 1.807) is 12.1 Å². The predicted molar refractivity (Wildman–Crippen MR) is 94.6 cm³/mol. The number of hydrazine groups is 1. The standard InChI is InChI=1S/C19H16FN3O5/c1-11(28-13-8-6-12(20)7-9-13)17(25)22-21-16(24)10-23-18(26)14-4-2-3-5-15(14)19(23)27/h2-9,11H,10H2,1H3,(H,21,24)(H,22,25)/t11-/m0/s1. The molecule has 144 valence electrons. The molecule has 0 aromatic heterocycles. The van der Waals surface area contributed by atoms with Gasteiger partial charge < -0.3 is 4.74 Å². The molecule has 0 saturated heterocycles. The van der Waals surface area contributed by atoms with E-state index in [1.807, 2.05) is 0 Å². The van der Waals surface area contributed by atoms with Gasteiger partial charge in [0, 0.05) is 0 Å². The summed E-state index contributed by atoms with van der Waals surface area (Å²) in [5, 5.41) is 0. The summed E-state index contributed by atoms with van der Waals surface area (Å²) >= 11 is 0. The highest BCUT2D eigenvalue weighted by atomic mass is 19.1. The van der Waals surface area contributed by atoms with E-state index >= 15 is 0 Å². The third-order valence-corrected chi connectivity index (χ3v) is 4.00. The molecule has 3 rings (SSSR count).